The molecule has 2 N–H and O–H groups in total. The molecule has 1 saturated carbocycles. The molecule has 1 aromatic carbocycles. The Morgan fingerprint density at radius 3 is 2.47 bits per heavy atom. The van der Waals surface area contributed by atoms with Gasteiger partial charge in [-0.2, -0.15) is 0 Å². The van der Waals surface area contributed by atoms with Gasteiger partial charge in [0.15, 0.2) is 0 Å². The van der Waals surface area contributed by atoms with E-state index in [4.69, 9.17) is 5.73 Å². The van der Waals surface area contributed by atoms with Crippen LogP contribution in [0, 0.1) is 0 Å². The average Bonchev–Trinajstić information content (AvgIpc) is 2.02. The monoisotopic (exact) mass is 203 g/mol. The molecule has 1 nitrogen and oxygen atoms in total. The Morgan fingerprint density at radius 2 is 1.93 bits per heavy atom. The maximum Gasteiger partial charge on any atom is 0.0138 e. The summed E-state index contributed by atoms with van der Waals surface area (Å²) < 4.78 is 0. The summed E-state index contributed by atoms with van der Waals surface area (Å²) in [4.78, 5) is 0. The predicted molar refractivity (Wildman–Crippen MR) is 65.0 cm³/mol. The van der Waals surface area contributed by atoms with E-state index in [9.17, 15) is 0 Å². The summed E-state index contributed by atoms with van der Waals surface area (Å²) in [6.07, 6.45) is 5.11. The number of hydrogen-bond donors (Lipinski definition) is 1. The smallest absolute Gasteiger partial charge is 0.0138 e. The molecular weight excluding hydrogens is 182 g/mol. The van der Waals surface area contributed by atoms with E-state index in [2.05, 4.69) is 38.1 Å². The Kier molecular flexibility index (Phi) is 2.83. The van der Waals surface area contributed by atoms with Crippen molar-refractivity contribution in [3.05, 3.63) is 35.4 Å². The van der Waals surface area contributed by atoms with E-state index in [0.29, 0.717) is 0 Å². The normalized spacial score (nSPS) is 17.5. The van der Waals surface area contributed by atoms with Gasteiger partial charge in [0, 0.05) is 5.54 Å². The van der Waals surface area contributed by atoms with Crippen LogP contribution in [0.25, 0.3) is 0 Å². The largest absolute Gasteiger partial charge is 0.325 e. The molecule has 0 radical (unpaired) electrons. The number of rotatable bonds is 3. The van der Waals surface area contributed by atoms with Crippen molar-refractivity contribution in [2.45, 2.75) is 51.0 Å². The first-order chi connectivity index (χ1) is 7.06. The summed E-state index contributed by atoms with van der Waals surface area (Å²) in [5, 5.41) is 0. The van der Waals surface area contributed by atoms with Crippen LogP contribution in [0.3, 0.4) is 0 Å². The fourth-order valence-corrected chi connectivity index (χ4v) is 2.30. The van der Waals surface area contributed by atoms with Crippen LogP contribution < -0.4 is 5.73 Å². The molecule has 1 aliphatic carbocycles. The second-order valence-corrected chi connectivity index (χ2v) is 5.49. The van der Waals surface area contributed by atoms with Gasteiger partial charge < -0.3 is 5.73 Å². The summed E-state index contributed by atoms with van der Waals surface area (Å²) >= 11 is 0. The van der Waals surface area contributed by atoms with Crippen molar-refractivity contribution in [1.29, 1.82) is 0 Å². The van der Waals surface area contributed by atoms with E-state index in [1.807, 2.05) is 0 Å². The standard InChI is InChI=1S/C14H21N/c1-14(2,15)10-12-6-3-4-9-13(12)11-7-5-8-11/h3-4,6,9,11H,5,7-8,10,15H2,1-2H3. The molecule has 0 spiro atoms. The molecule has 0 amide bonds. The zero-order valence-electron chi connectivity index (χ0n) is 9.79. The van der Waals surface area contributed by atoms with Crippen molar-refractivity contribution >= 4 is 0 Å². The summed E-state index contributed by atoms with van der Waals surface area (Å²) in [5.41, 5.74) is 9.00. The van der Waals surface area contributed by atoms with E-state index in [1.165, 1.54) is 24.8 Å². The third kappa shape index (κ3) is 2.60. The third-order valence-corrected chi connectivity index (χ3v) is 3.25. The molecule has 0 unspecified atom stereocenters. The van der Waals surface area contributed by atoms with E-state index in [1.54, 1.807) is 5.56 Å². The SMILES string of the molecule is CC(C)(N)Cc1ccccc1C1CCC1. The summed E-state index contributed by atoms with van der Waals surface area (Å²) in [6, 6.07) is 8.80. The second-order valence-electron chi connectivity index (χ2n) is 5.49. The summed E-state index contributed by atoms with van der Waals surface area (Å²) in [7, 11) is 0. The van der Waals surface area contributed by atoms with Crippen LogP contribution in [0.15, 0.2) is 24.3 Å². The first kappa shape index (κ1) is 10.7. The van der Waals surface area contributed by atoms with E-state index < -0.39 is 0 Å². The minimum atomic E-state index is -0.0974. The van der Waals surface area contributed by atoms with Crippen molar-refractivity contribution in [2.24, 2.45) is 5.73 Å². The number of nitrogens with two attached hydrogens (primary N) is 1. The molecule has 0 aromatic heterocycles. The third-order valence-electron chi connectivity index (χ3n) is 3.25. The van der Waals surface area contributed by atoms with Gasteiger partial charge in [0.1, 0.15) is 0 Å². The van der Waals surface area contributed by atoms with Crippen molar-refractivity contribution in [3.8, 4) is 0 Å². The van der Waals surface area contributed by atoms with Gasteiger partial charge in [-0.05, 0) is 50.2 Å². The van der Waals surface area contributed by atoms with Gasteiger partial charge in [0.25, 0.3) is 0 Å². The van der Waals surface area contributed by atoms with E-state index >= 15 is 0 Å². The summed E-state index contributed by atoms with van der Waals surface area (Å²) in [5.74, 6) is 0.809. The molecule has 0 atom stereocenters. The van der Waals surface area contributed by atoms with Crippen LogP contribution in [0.4, 0.5) is 0 Å². The maximum atomic E-state index is 6.10. The van der Waals surface area contributed by atoms with Gasteiger partial charge in [0.2, 0.25) is 0 Å². The highest BCUT2D eigenvalue weighted by atomic mass is 14.7. The van der Waals surface area contributed by atoms with Crippen LogP contribution in [0.1, 0.15) is 50.2 Å². The molecule has 0 heterocycles. The van der Waals surface area contributed by atoms with Crippen LogP contribution >= 0.6 is 0 Å². The van der Waals surface area contributed by atoms with E-state index in [-0.39, 0.29) is 5.54 Å². The fourth-order valence-electron chi connectivity index (χ4n) is 2.30. The number of hydrogen-bond acceptors (Lipinski definition) is 1. The molecule has 2 rings (SSSR count). The van der Waals surface area contributed by atoms with Crippen molar-refractivity contribution in [2.75, 3.05) is 0 Å². The average molecular weight is 203 g/mol. The lowest BCUT2D eigenvalue weighted by Gasteiger charge is -2.30. The Hall–Kier alpha value is -0.820. The van der Waals surface area contributed by atoms with Crippen LogP contribution in [-0.2, 0) is 6.42 Å². The second kappa shape index (κ2) is 3.97. The quantitative estimate of drug-likeness (QED) is 0.802. The zero-order valence-corrected chi connectivity index (χ0v) is 9.79. The molecule has 0 aliphatic heterocycles. The van der Waals surface area contributed by atoms with Crippen LogP contribution in [-0.4, -0.2) is 5.54 Å². The Bertz CT molecular complexity index is 331. The van der Waals surface area contributed by atoms with Crippen molar-refractivity contribution in [3.63, 3.8) is 0 Å². The Labute approximate surface area is 92.7 Å². The van der Waals surface area contributed by atoms with Gasteiger partial charge in [-0.15, -0.1) is 0 Å². The van der Waals surface area contributed by atoms with Gasteiger partial charge >= 0.3 is 0 Å². The number of benzene rings is 1. The molecule has 1 aliphatic rings. The topological polar surface area (TPSA) is 26.0 Å². The first-order valence-corrected chi connectivity index (χ1v) is 5.93. The van der Waals surface area contributed by atoms with Crippen molar-refractivity contribution < 1.29 is 0 Å². The summed E-state index contributed by atoms with van der Waals surface area (Å²) in [6.45, 7) is 4.20. The lowest BCUT2D eigenvalue weighted by atomic mass is 9.76. The lowest BCUT2D eigenvalue weighted by Crippen LogP contribution is -2.35. The zero-order chi connectivity index (χ0) is 10.9. The molecule has 1 heteroatoms. The van der Waals surface area contributed by atoms with Gasteiger partial charge in [-0.25, -0.2) is 0 Å². The molecular formula is C14H21N. The van der Waals surface area contributed by atoms with Gasteiger partial charge in [0.05, 0.1) is 0 Å². The molecule has 1 fully saturated rings. The predicted octanol–water partition coefficient (Wildman–Crippen LogP) is 3.23. The maximum absolute atomic E-state index is 6.10. The fraction of sp³-hybridized carbons (Fsp3) is 0.571. The Morgan fingerprint density at radius 1 is 1.27 bits per heavy atom. The minimum Gasteiger partial charge on any atom is -0.325 e. The Balaban J connectivity index is 2.21. The van der Waals surface area contributed by atoms with Crippen molar-refractivity contribution in [1.82, 2.24) is 0 Å². The lowest BCUT2D eigenvalue weighted by molar-refractivity contribution is 0.413. The molecule has 0 bridgehead atoms. The van der Waals surface area contributed by atoms with Crippen LogP contribution in [0.5, 0.6) is 0 Å². The molecule has 15 heavy (non-hydrogen) atoms. The highest BCUT2D eigenvalue weighted by Gasteiger charge is 2.23. The highest BCUT2D eigenvalue weighted by molar-refractivity contribution is 5.32. The molecule has 0 saturated heterocycles. The van der Waals surface area contributed by atoms with E-state index in [0.717, 1.165) is 12.3 Å². The van der Waals surface area contributed by atoms with Crippen LogP contribution in [0.2, 0.25) is 0 Å². The molecule has 82 valence electrons. The van der Waals surface area contributed by atoms with Gasteiger partial charge in [-0.1, -0.05) is 30.7 Å². The highest BCUT2D eigenvalue weighted by Crippen LogP contribution is 2.38. The first-order valence-electron chi connectivity index (χ1n) is 5.93. The van der Waals surface area contributed by atoms with Gasteiger partial charge in [-0.3, -0.25) is 0 Å². The molecule has 1 aromatic rings. The minimum absolute atomic E-state index is 0.0974.